The maximum absolute atomic E-state index is 7.38. The lowest BCUT2D eigenvalue weighted by atomic mass is 9.43. The second-order valence-electron chi connectivity index (χ2n) is 22.2. The molecule has 2 atom stereocenters. The molecule has 5 heterocycles. The van der Waals surface area contributed by atoms with Gasteiger partial charge in [0.1, 0.15) is 16.7 Å². The van der Waals surface area contributed by atoms with Crippen molar-refractivity contribution in [2.45, 2.75) is 128 Å². The summed E-state index contributed by atoms with van der Waals surface area (Å²) in [4.78, 5) is 5.55. The molecule has 4 nitrogen and oxygen atoms in total. The van der Waals surface area contributed by atoms with Crippen LogP contribution in [-0.2, 0) is 21.7 Å². The Hall–Kier alpha value is -5.42. The first-order valence-corrected chi connectivity index (χ1v) is 23.0. The summed E-state index contributed by atoms with van der Waals surface area (Å²) in [6.45, 7) is 21.9. The van der Waals surface area contributed by atoms with E-state index in [1.807, 2.05) is 0 Å². The van der Waals surface area contributed by atoms with Crippen molar-refractivity contribution in [3.05, 3.63) is 119 Å². The van der Waals surface area contributed by atoms with Crippen LogP contribution in [0.2, 0.25) is 0 Å². The number of anilines is 4. The fourth-order valence-electron chi connectivity index (χ4n) is 13.2. The Bertz CT molecular complexity index is 3250. The quantitative estimate of drug-likeness (QED) is 0.155. The number of hydrogen-bond acceptors (Lipinski definition) is 4. The van der Waals surface area contributed by atoms with Crippen molar-refractivity contribution >= 4 is 84.4 Å². The number of hydrogen-bond donors (Lipinski definition) is 0. The number of benzene rings is 6. The predicted molar refractivity (Wildman–Crippen MR) is 257 cm³/mol. The van der Waals surface area contributed by atoms with Gasteiger partial charge in [0, 0.05) is 38.5 Å². The summed E-state index contributed by atoms with van der Waals surface area (Å²) in [5.41, 5.74) is 20.0. The van der Waals surface area contributed by atoms with Gasteiger partial charge < -0.3 is 18.5 Å². The highest BCUT2D eigenvalue weighted by atomic mass is 16.3. The molecule has 0 saturated heterocycles. The number of nitrogens with zero attached hydrogens (tertiary/aromatic N) is 2. The van der Waals surface area contributed by atoms with Gasteiger partial charge in [0.15, 0.2) is 5.58 Å². The SMILES string of the molecule is CC(C)(C)c1cc2c3c(c1)C1(C)CCCCC1(C)N3c1c3c(cc4oc5ccccc5c14)-c1ccc4c(oc5cc6c(cc54)C(C)(C)CCC6(C)C)c1N(c1ccccc1)B23. The lowest BCUT2D eigenvalue weighted by molar-refractivity contribution is 0.195. The normalized spacial score (nSPS) is 23.1. The standard InChI is InChI=1S/C56H55BN2O2/c1-52(2,3)32-27-41-49-42(28-32)57-47-38(30-45-46(36-19-13-14-20-43(36)60-45)50(47)58(49)56(9)24-16-15-23-55(41,56)8)34-21-22-35-37-29-39-40(54(6,7)26-25-53(39,4)5)31-44(37)61-51(35)48(34)59(57)33-17-11-10-12-18-33/h10-14,17-22,27-31H,15-16,23-26H2,1-9H3. The summed E-state index contributed by atoms with van der Waals surface area (Å²) in [7, 11) is 0. The molecule has 6 aromatic carbocycles. The van der Waals surface area contributed by atoms with Crippen molar-refractivity contribution in [1.82, 2.24) is 0 Å². The highest BCUT2D eigenvalue weighted by Gasteiger charge is 2.62. The number of furan rings is 2. The van der Waals surface area contributed by atoms with E-state index >= 15 is 0 Å². The fourth-order valence-corrected chi connectivity index (χ4v) is 13.2. The first-order valence-electron chi connectivity index (χ1n) is 23.0. The van der Waals surface area contributed by atoms with Gasteiger partial charge in [0.2, 0.25) is 0 Å². The molecule has 5 heteroatoms. The molecular weight excluding hydrogens is 743 g/mol. The van der Waals surface area contributed by atoms with Gasteiger partial charge in [-0.2, -0.15) is 0 Å². The minimum absolute atomic E-state index is 0.0320. The minimum atomic E-state index is -0.120. The molecule has 13 rings (SSSR count). The number of para-hydroxylation sites is 2. The molecule has 2 unspecified atom stereocenters. The van der Waals surface area contributed by atoms with Gasteiger partial charge in [-0.05, 0) is 130 Å². The van der Waals surface area contributed by atoms with Gasteiger partial charge in [-0.15, -0.1) is 0 Å². The second kappa shape index (κ2) is 11.3. The van der Waals surface area contributed by atoms with Crippen LogP contribution in [0.4, 0.5) is 22.7 Å². The van der Waals surface area contributed by atoms with Gasteiger partial charge >= 0.3 is 6.85 Å². The van der Waals surface area contributed by atoms with Crippen LogP contribution < -0.4 is 20.6 Å². The molecule has 2 aromatic heterocycles. The van der Waals surface area contributed by atoms with Gasteiger partial charge in [0.25, 0.3) is 0 Å². The highest BCUT2D eigenvalue weighted by Crippen LogP contribution is 2.64. The molecule has 1 saturated carbocycles. The molecule has 0 bridgehead atoms. The van der Waals surface area contributed by atoms with Crippen LogP contribution in [0.3, 0.4) is 0 Å². The zero-order valence-corrected chi connectivity index (χ0v) is 37.3. The van der Waals surface area contributed by atoms with E-state index in [1.165, 1.54) is 115 Å². The van der Waals surface area contributed by atoms with E-state index in [2.05, 4.69) is 169 Å². The maximum atomic E-state index is 7.38. The molecule has 8 aromatic rings. The van der Waals surface area contributed by atoms with Gasteiger partial charge in [-0.1, -0.05) is 123 Å². The van der Waals surface area contributed by atoms with E-state index in [4.69, 9.17) is 8.83 Å². The van der Waals surface area contributed by atoms with Crippen LogP contribution in [0.15, 0.2) is 106 Å². The summed E-state index contributed by atoms with van der Waals surface area (Å²) >= 11 is 0. The summed E-state index contributed by atoms with van der Waals surface area (Å²) in [6.07, 6.45) is 7.14. The van der Waals surface area contributed by atoms with E-state index in [1.54, 1.807) is 0 Å². The van der Waals surface area contributed by atoms with Crippen LogP contribution in [0.5, 0.6) is 0 Å². The molecule has 0 radical (unpaired) electrons. The van der Waals surface area contributed by atoms with Gasteiger partial charge in [-0.25, -0.2) is 0 Å². The van der Waals surface area contributed by atoms with Crippen LogP contribution in [0, 0.1) is 0 Å². The Balaban J connectivity index is 1.23. The van der Waals surface area contributed by atoms with Crippen molar-refractivity contribution in [3.8, 4) is 11.1 Å². The molecular formula is C56H55BN2O2. The average Bonchev–Trinajstić information content (AvgIpc) is 3.86. The van der Waals surface area contributed by atoms with Crippen molar-refractivity contribution in [2.75, 3.05) is 9.71 Å². The molecule has 304 valence electrons. The topological polar surface area (TPSA) is 32.8 Å². The molecule has 0 spiro atoms. The van der Waals surface area contributed by atoms with Crippen LogP contribution >= 0.6 is 0 Å². The molecule has 5 aliphatic rings. The van der Waals surface area contributed by atoms with E-state index in [0.717, 1.165) is 34.4 Å². The van der Waals surface area contributed by atoms with Crippen LogP contribution in [0.25, 0.3) is 55.0 Å². The van der Waals surface area contributed by atoms with Crippen LogP contribution in [0.1, 0.15) is 123 Å². The molecule has 1 fully saturated rings. The Morgan fingerprint density at radius 3 is 2.07 bits per heavy atom. The maximum Gasteiger partial charge on any atom is 0.333 e. The number of rotatable bonds is 1. The Morgan fingerprint density at radius 1 is 0.574 bits per heavy atom. The largest absolute Gasteiger partial charge is 0.456 e. The lowest BCUT2D eigenvalue weighted by Gasteiger charge is -2.53. The molecule has 61 heavy (non-hydrogen) atoms. The summed E-state index contributed by atoms with van der Waals surface area (Å²) in [5, 5.41) is 4.83. The molecule has 3 aliphatic heterocycles. The van der Waals surface area contributed by atoms with Crippen molar-refractivity contribution in [3.63, 3.8) is 0 Å². The second-order valence-corrected chi connectivity index (χ2v) is 22.2. The zero-order valence-electron chi connectivity index (χ0n) is 37.3. The van der Waals surface area contributed by atoms with Crippen LogP contribution in [-0.4, -0.2) is 12.4 Å². The number of fused-ring (bicyclic) bond motifs is 16. The Morgan fingerprint density at radius 2 is 1.30 bits per heavy atom. The first kappa shape index (κ1) is 36.3. The smallest absolute Gasteiger partial charge is 0.333 e. The van der Waals surface area contributed by atoms with Gasteiger partial charge in [0.05, 0.1) is 22.3 Å². The average molecular weight is 799 g/mol. The first-order chi connectivity index (χ1) is 29.1. The molecule has 0 amide bonds. The van der Waals surface area contributed by atoms with Gasteiger partial charge in [-0.3, -0.25) is 0 Å². The van der Waals surface area contributed by atoms with Crippen molar-refractivity contribution in [2.24, 2.45) is 0 Å². The monoisotopic (exact) mass is 798 g/mol. The van der Waals surface area contributed by atoms with E-state index in [9.17, 15) is 0 Å². The van der Waals surface area contributed by atoms with E-state index in [-0.39, 0.29) is 34.0 Å². The third-order valence-corrected chi connectivity index (χ3v) is 17.0. The van der Waals surface area contributed by atoms with Crippen molar-refractivity contribution in [1.29, 1.82) is 0 Å². The Labute approximate surface area is 360 Å². The summed E-state index contributed by atoms with van der Waals surface area (Å²) < 4.78 is 14.3. The van der Waals surface area contributed by atoms with Crippen molar-refractivity contribution < 1.29 is 8.83 Å². The third kappa shape index (κ3) is 4.38. The summed E-state index contributed by atoms with van der Waals surface area (Å²) in [5.74, 6) is 0. The molecule has 0 N–H and O–H groups in total. The Kier molecular flexibility index (Phi) is 6.74. The highest BCUT2D eigenvalue weighted by molar-refractivity contribution is 6.94. The summed E-state index contributed by atoms with van der Waals surface area (Å²) in [6, 6.07) is 37.2. The van der Waals surface area contributed by atoms with E-state index in [0.29, 0.717) is 0 Å². The van der Waals surface area contributed by atoms with E-state index < -0.39 is 0 Å². The zero-order chi connectivity index (χ0) is 41.7. The minimum Gasteiger partial charge on any atom is -0.456 e. The predicted octanol–water partition coefficient (Wildman–Crippen LogP) is 14.1. The lowest BCUT2D eigenvalue weighted by Crippen LogP contribution is -2.64. The fraction of sp³-hybridized carbons (Fsp3) is 0.357. The third-order valence-electron chi connectivity index (χ3n) is 17.0. The molecule has 2 aliphatic carbocycles.